The molecule has 10 aliphatic rings. The fourth-order valence-electron chi connectivity index (χ4n) is 16.8. The summed E-state index contributed by atoms with van der Waals surface area (Å²) >= 11 is 0. The quantitative estimate of drug-likeness (QED) is 0.248. The molecule has 0 radical (unpaired) electrons. The molecule has 0 N–H and O–H groups in total. The molecule has 344 valence electrons. The van der Waals surface area contributed by atoms with Gasteiger partial charge >= 0.3 is 0 Å². The highest BCUT2D eigenvalue weighted by Gasteiger charge is 2.59. The van der Waals surface area contributed by atoms with Crippen LogP contribution in [0.3, 0.4) is 0 Å². The maximum atomic E-state index is 2.91. The number of anilines is 2. The second-order valence-electron chi connectivity index (χ2n) is 23.1. The van der Waals surface area contributed by atoms with E-state index in [0.29, 0.717) is 29.8 Å². The van der Waals surface area contributed by atoms with Gasteiger partial charge in [-0.15, -0.1) is 0 Å². The van der Waals surface area contributed by atoms with Crippen molar-refractivity contribution in [2.24, 2.45) is 34.5 Å². The lowest BCUT2D eigenvalue weighted by Crippen LogP contribution is -2.47. The summed E-state index contributed by atoms with van der Waals surface area (Å²) in [5, 5.41) is 0. The van der Waals surface area contributed by atoms with Gasteiger partial charge < -0.3 is 9.80 Å². The highest BCUT2D eigenvalue weighted by molar-refractivity contribution is 5.67. The number of fused-ring (bicyclic) bond motifs is 4. The molecule has 2 heteroatoms. The summed E-state index contributed by atoms with van der Waals surface area (Å²) in [5.74, 6) is 3.46. The van der Waals surface area contributed by atoms with Crippen LogP contribution in [0.2, 0.25) is 0 Å². The lowest BCUT2D eigenvalue weighted by Gasteiger charge is -2.53. The van der Waals surface area contributed by atoms with E-state index in [9.17, 15) is 0 Å². The largest absolute Gasteiger partial charge is 0.342 e. The van der Waals surface area contributed by atoms with Gasteiger partial charge in [-0.3, -0.25) is 0 Å². The van der Waals surface area contributed by atoms with E-state index in [1.807, 2.05) is 11.1 Å². The number of hydrogen-bond acceptors (Lipinski definition) is 2. The molecule has 0 saturated heterocycles. The van der Waals surface area contributed by atoms with E-state index in [2.05, 4.69) is 139 Å². The van der Waals surface area contributed by atoms with Crippen LogP contribution >= 0.6 is 0 Å². The maximum Gasteiger partial charge on any atom is 0.0434 e. The minimum absolute atomic E-state index is 0.232. The number of allylic oxidation sites excluding steroid dienone is 16. The van der Waals surface area contributed by atoms with Gasteiger partial charge in [-0.25, -0.2) is 0 Å². The lowest BCUT2D eigenvalue weighted by molar-refractivity contribution is 0.0749. The Morgan fingerprint density at radius 2 is 1.45 bits per heavy atom. The molecule has 0 heterocycles. The molecule has 10 aliphatic carbocycles. The van der Waals surface area contributed by atoms with E-state index in [1.165, 1.54) is 138 Å². The summed E-state index contributed by atoms with van der Waals surface area (Å²) in [5.41, 5.74) is 18.7. The first kappa shape index (κ1) is 43.0. The Morgan fingerprint density at radius 1 is 0.606 bits per heavy atom. The Bertz CT molecular complexity index is 2460. The molecule has 2 nitrogen and oxygen atoms in total. The molecule has 2 saturated carbocycles. The fraction of sp³-hybridized carbons (Fsp3) is 0.531. The summed E-state index contributed by atoms with van der Waals surface area (Å²) in [6, 6.07) is 22.4. The van der Waals surface area contributed by atoms with Crippen molar-refractivity contribution in [2.45, 2.75) is 180 Å². The van der Waals surface area contributed by atoms with Gasteiger partial charge in [0.25, 0.3) is 0 Å². The van der Waals surface area contributed by atoms with Crippen LogP contribution in [0.25, 0.3) is 0 Å². The number of rotatable bonds is 9. The molecule has 0 amide bonds. The van der Waals surface area contributed by atoms with E-state index in [0.717, 1.165) is 43.9 Å². The van der Waals surface area contributed by atoms with Gasteiger partial charge in [-0.1, -0.05) is 141 Å². The smallest absolute Gasteiger partial charge is 0.0434 e. The summed E-state index contributed by atoms with van der Waals surface area (Å²) in [6.45, 7) is 5.21. The van der Waals surface area contributed by atoms with E-state index >= 15 is 0 Å². The molecule has 66 heavy (non-hydrogen) atoms. The minimum atomic E-state index is 0.232. The molecule has 0 aliphatic heterocycles. The number of hydrogen-bond donors (Lipinski definition) is 0. The first-order valence-electron chi connectivity index (χ1n) is 27.5. The normalized spacial score (nSPS) is 33.5. The van der Waals surface area contributed by atoms with E-state index in [-0.39, 0.29) is 10.8 Å². The van der Waals surface area contributed by atoms with Crippen LogP contribution in [-0.4, -0.2) is 12.1 Å². The molecular weight excluding hydrogens is 797 g/mol. The number of benzene rings is 2. The van der Waals surface area contributed by atoms with Crippen molar-refractivity contribution in [3.8, 4) is 0 Å². The highest BCUT2D eigenvalue weighted by Crippen LogP contribution is 2.68. The third-order valence-corrected chi connectivity index (χ3v) is 19.6. The molecule has 0 aromatic heterocycles. The van der Waals surface area contributed by atoms with Crippen LogP contribution in [-0.2, 0) is 0 Å². The SMILES string of the molecule is CC1(C)C2=C(CCCC2)C2=CCC(N(C3=CCC(c4ccccc4)CC3)c3cccc(N(C4=CCCC=C4)C4CCCC(C5(C6=CC=CCC6)C6=C(C=CCC6)C6CCCCC65)C4)c3)CC21. The predicted molar refractivity (Wildman–Crippen MR) is 278 cm³/mol. The summed E-state index contributed by atoms with van der Waals surface area (Å²) in [6.07, 6.45) is 55.1. The van der Waals surface area contributed by atoms with Crippen LogP contribution in [0, 0.1) is 34.5 Å². The van der Waals surface area contributed by atoms with Crippen LogP contribution in [0.5, 0.6) is 0 Å². The average Bonchev–Trinajstić information content (AvgIpc) is 3.81. The Balaban J connectivity index is 0.920. The summed E-state index contributed by atoms with van der Waals surface area (Å²) < 4.78 is 0. The summed E-state index contributed by atoms with van der Waals surface area (Å²) in [7, 11) is 0. The zero-order valence-electron chi connectivity index (χ0n) is 40.7. The second kappa shape index (κ2) is 18.0. The molecule has 8 unspecified atom stereocenters. The fourth-order valence-corrected chi connectivity index (χ4v) is 16.8. The van der Waals surface area contributed by atoms with Crippen molar-refractivity contribution in [3.05, 3.63) is 166 Å². The second-order valence-corrected chi connectivity index (χ2v) is 23.1. The first-order valence-corrected chi connectivity index (χ1v) is 27.5. The summed E-state index contributed by atoms with van der Waals surface area (Å²) in [4.78, 5) is 5.80. The van der Waals surface area contributed by atoms with Crippen LogP contribution in [0.1, 0.15) is 173 Å². The van der Waals surface area contributed by atoms with Gasteiger partial charge in [0.15, 0.2) is 0 Å². The lowest BCUT2D eigenvalue weighted by atomic mass is 9.52. The van der Waals surface area contributed by atoms with Gasteiger partial charge in [0.2, 0.25) is 0 Å². The monoisotopic (exact) mass is 875 g/mol. The van der Waals surface area contributed by atoms with Crippen LogP contribution in [0.15, 0.2) is 160 Å². The Kier molecular flexibility index (Phi) is 11.7. The first-order chi connectivity index (χ1) is 32.5. The molecule has 2 aromatic rings. The third-order valence-electron chi connectivity index (χ3n) is 19.6. The molecule has 8 atom stereocenters. The number of nitrogens with zero attached hydrogens (tertiary/aromatic N) is 2. The minimum Gasteiger partial charge on any atom is -0.342 e. The molecule has 2 aromatic carbocycles. The van der Waals surface area contributed by atoms with Crippen molar-refractivity contribution >= 4 is 11.4 Å². The molecular formula is C64H78N2. The Morgan fingerprint density at radius 3 is 2.29 bits per heavy atom. The van der Waals surface area contributed by atoms with E-state index < -0.39 is 0 Å². The molecule has 0 spiro atoms. The topological polar surface area (TPSA) is 6.48 Å². The van der Waals surface area contributed by atoms with Crippen molar-refractivity contribution in [1.29, 1.82) is 0 Å². The predicted octanol–water partition coefficient (Wildman–Crippen LogP) is 17.3. The molecule has 2 fully saturated rings. The zero-order valence-corrected chi connectivity index (χ0v) is 40.7. The van der Waals surface area contributed by atoms with Crippen molar-refractivity contribution < 1.29 is 0 Å². The molecule has 0 bridgehead atoms. The van der Waals surface area contributed by atoms with Crippen LogP contribution in [0.4, 0.5) is 11.4 Å². The Hall–Kier alpha value is -4.30. The Labute approximate surface area is 399 Å². The average molecular weight is 875 g/mol. The van der Waals surface area contributed by atoms with Crippen molar-refractivity contribution in [3.63, 3.8) is 0 Å². The van der Waals surface area contributed by atoms with Gasteiger partial charge in [0, 0.05) is 40.3 Å². The van der Waals surface area contributed by atoms with Gasteiger partial charge in [-0.2, -0.15) is 0 Å². The third kappa shape index (κ3) is 7.31. The highest BCUT2D eigenvalue weighted by atomic mass is 15.2. The van der Waals surface area contributed by atoms with Gasteiger partial charge in [-0.05, 0) is 210 Å². The zero-order chi connectivity index (χ0) is 44.2. The van der Waals surface area contributed by atoms with Crippen molar-refractivity contribution in [2.75, 3.05) is 9.80 Å². The van der Waals surface area contributed by atoms with Gasteiger partial charge in [0.05, 0.1) is 0 Å². The molecule has 12 rings (SSSR count). The van der Waals surface area contributed by atoms with E-state index in [4.69, 9.17) is 0 Å². The van der Waals surface area contributed by atoms with Crippen LogP contribution < -0.4 is 9.80 Å². The van der Waals surface area contributed by atoms with Gasteiger partial charge in [0.1, 0.15) is 0 Å². The standard InChI is InChI=1S/C64H78N2/c1-63(2)59-33-15-12-30-55(59)58-41-40-54(44-62(58)63)66(50-38-36-46(37-39-50)45-20-6-3-7-21-45)53-29-19-28-52(43-53)65(49-25-10-5-11-26-49)51-27-18-24-48(42-51)64(47-22-8-4-9-23-47)60-34-16-13-31-56(60)57-32-14-17-35-61(57)64/h3-4,6-8,10,13,19-22,25-26,28-29,31,38,41,43,46,48,51,54,57,61-62H,5,9,11-12,14-18,23-24,27,30,32-37,39-40,42,44H2,1-2H3. The maximum absolute atomic E-state index is 2.91. The van der Waals surface area contributed by atoms with Crippen molar-refractivity contribution in [1.82, 2.24) is 0 Å². The van der Waals surface area contributed by atoms with E-state index in [1.54, 1.807) is 28.0 Å².